The van der Waals surface area contributed by atoms with Crippen LogP contribution >= 0.6 is 19.6 Å². The van der Waals surface area contributed by atoms with E-state index in [9.17, 15) is 45.0 Å². The largest absolute Gasteiger partial charge is 0.566 e. The van der Waals surface area contributed by atoms with Gasteiger partial charge in [-0.3, -0.25) is 0 Å². The SMILES string of the molecule is O=C(Oc1c(F)c(F)c(F)c(F)c1F)c1cc2cc(C(F)(F)O[P+](=O)[O-])ccc2s1. The van der Waals surface area contributed by atoms with Gasteiger partial charge in [-0.05, 0) is 34.2 Å². The first kappa shape index (κ1) is 22.1. The number of alkyl halides is 2. The molecule has 0 spiro atoms. The number of hydrogen-bond acceptors (Lipinski definition) is 6. The maximum Gasteiger partial charge on any atom is 0.495 e. The smallest absolute Gasteiger partial charge is 0.495 e. The van der Waals surface area contributed by atoms with E-state index in [1.54, 1.807) is 0 Å². The van der Waals surface area contributed by atoms with Crippen LogP contribution in [0.15, 0.2) is 24.3 Å². The maximum absolute atomic E-state index is 13.7. The summed E-state index contributed by atoms with van der Waals surface area (Å²) in [5.74, 6) is -15.2. The minimum Gasteiger partial charge on any atom is -0.566 e. The van der Waals surface area contributed by atoms with Crippen LogP contribution in [-0.4, -0.2) is 5.97 Å². The Morgan fingerprint density at radius 1 is 0.967 bits per heavy atom. The van der Waals surface area contributed by atoms with Crippen molar-refractivity contribution in [2.24, 2.45) is 0 Å². The van der Waals surface area contributed by atoms with Crippen LogP contribution in [-0.2, 0) is 15.2 Å². The van der Waals surface area contributed by atoms with E-state index in [1.165, 1.54) is 0 Å². The van der Waals surface area contributed by atoms with Gasteiger partial charge in [0, 0.05) is 4.70 Å². The molecule has 1 unspecified atom stereocenters. The molecule has 1 aromatic heterocycles. The Morgan fingerprint density at radius 3 is 2.10 bits per heavy atom. The molecule has 0 aliphatic heterocycles. The van der Waals surface area contributed by atoms with E-state index >= 15 is 0 Å². The average molecular weight is 472 g/mol. The summed E-state index contributed by atoms with van der Waals surface area (Å²) < 4.78 is 112. The van der Waals surface area contributed by atoms with E-state index in [0.717, 1.165) is 24.3 Å². The molecule has 0 N–H and O–H groups in total. The second-order valence-electron chi connectivity index (χ2n) is 5.48. The van der Waals surface area contributed by atoms with Crippen LogP contribution in [0.3, 0.4) is 0 Å². The van der Waals surface area contributed by atoms with Crippen LogP contribution < -0.4 is 9.63 Å². The zero-order valence-corrected chi connectivity index (χ0v) is 15.6. The van der Waals surface area contributed by atoms with Crippen molar-refractivity contribution < 1.29 is 54.2 Å². The molecule has 158 valence electrons. The molecule has 2 aromatic carbocycles. The van der Waals surface area contributed by atoms with E-state index in [1.807, 2.05) is 0 Å². The lowest BCUT2D eigenvalue weighted by molar-refractivity contribution is -0.246. The Labute approximate surface area is 166 Å². The zero-order chi connectivity index (χ0) is 22.4. The third-order valence-electron chi connectivity index (χ3n) is 3.61. The highest BCUT2D eigenvalue weighted by molar-refractivity contribution is 7.30. The van der Waals surface area contributed by atoms with Crippen molar-refractivity contribution in [2.75, 3.05) is 0 Å². The summed E-state index contributed by atoms with van der Waals surface area (Å²) in [6, 6.07) is 3.58. The fraction of sp³-hybridized carbons (Fsp3) is 0.0625. The molecule has 3 aromatic rings. The zero-order valence-electron chi connectivity index (χ0n) is 13.9. The van der Waals surface area contributed by atoms with Gasteiger partial charge >= 0.3 is 20.3 Å². The normalized spacial score (nSPS) is 12.3. The third-order valence-corrected chi connectivity index (χ3v) is 5.08. The molecule has 0 radical (unpaired) electrons. The van der Waals surface area contributed by atoms with Crippen LogP contribution in [0.25, 0.3) is 10.1 Å². The highest BCUT2D eigenvalue weighted by Gasteiger charge is 2.40. The summed E-state index contributed by atoms with van der Waals surface area (Å²) in [6.07, 6.45) is -4.21. The molecule has 1 atom stereocenters. The topological polar surface area (TPSA) is 75.7 Å². The Morgan fingerprint density at radius 2 is 1.53 bits per heavy atom. The number of hydrogen-bond donors (Lipinski definition) is 0. The summed E-state index contributed by atoms with van der Waals surface area (Å²) in [6.45, 7) is 0. The molecule has 0 amide bonds. The fourth-order valence-corrected chi connectivity index (χ4v) is 3.50. The van der Waals surface area contributed by atoms with Gasteiger partial charge in [0.05, 0.1) is 5.56 Å². The molecule has 0 bridgehead atoms. The van der Waals surface area contributed by atoms with E-state index in [-0.39, 0.29) is 10.1 Å². The average Bonchev–Trinajstić information content (AvgIpc) is 3.10. The molecular weight excluding hydrogens is 468 g/mol. The summed E-state index contributed by atoms with van der Waals surface area (Å²) in [4.78, 5) is 22.0. The number of carbonyl (C=O) groups excluding carboxylic acids is 1. The first-order valence-electron chi connectivity index (χ1n) is 7.41. The molecule has 0 aliphatic rings. The van der Waals surface area contributed by atoms with Crippen LogP contribution in [0.5, 0.6) is 5.75 Å². The molecule has 14 heteroatoms. The van der Waals surface area contributed by atoms with Crippen LogP contribution in [0.1, 0.15) is 15.2 Å². The predicted molar refractivity (Wildman–Crippen MR) is 85.6 cm³/mol. The van der Waals surface area contributed by atoms with Gasteiger partial charge in [0.1, 0.15) is 4.88 Å². The number of benzene rings is 2. The van der Waals surface area contributed by atoms with E-state index < -0.39 is 65.6 Å². The molecule has 5 nitrogen and oxygen atoms in total. The summed E-state index contributed by atoms with van der Waals surface area (Å²) >= 11 is 0.595. The fourth-order valence-electron chi connectivity index (χ4n) is 2.29. The number of halogens is 7. The lowest BCUT2D eigenvalue weighted by atomic mass is 10.1. The summed E-state index contributed by atoms with van der Waals surface area (Å²) in [5, 5.41) is -0.0359. The molecule has 0 saturated heterocycles. The molecule has 1 heterocycles. The number of fused-ring (bicyclic) bond motifs is 1. The lowest BCUT2D eigenvalue weighted by Gasteiger charge is -2.10. The lowest BCUT2D eigenvalue weighted by Crippen LogP contribution is -2.16. The minimum atomic E-state index is -4.21. The first-order chi connectivity index (χ1) is 13.9. The van der Waals surface area contributed by atoms with Crippen molar-refractivity contribution in [3.05, 3.63) is 63.8 Å². The van der Waals surface area contributed by atoms with Gasteiger partial charge in [0.15, 0.2) is 0 Å². The quantitative estimate of drug-likeness (QED) is 0.132. The molecule has 3 rings (SSSR count). The molecule has 0 aliphatic carbocycles. The van der Waals surface area contributed by atoms with Crippen molar-refractivity contribution in [1.29, 1.82) is 0 Å². The second-order valence-corrected chi connectivity index (χ2v) is 7.20. The highest BCUT2D eigenvalue weighted by Crippen LogP contribution is 2.39. The predicted octanol–water partition coefficient (Wildman–Crippen LogP) is 4.90. The number of thiophene rings is 1. The van der Waals surface area contributed by atoms with Crippen LogP contribution in [0.2, 0.25) is 0 Å². The van der Waals surface area contributed by atoms with Crippen LogP contribution in [0, 0.1) is 29.1 Å². The number of carbonyl (C=O) groups is 1. The van der Waals surface area contributed by atoms with Crippen molar-refractivity contribution in [3.8, 4) is 5.75 Å². The Bertz CT molecular complexity index is 1170. The number of esters is 1. The summed E-state index contributed by atoms with van der Waals surface area (Å²) in [5.41, 5.74) is -0.883. The van der Waals surface area contributed by atoms with Crippen molar-refractivity contribution in [1.82, 2.24) is 0 Å². The van der Waals surface area contributed by atoms with Gasteiger partial charge < -0.3 is 9.63 Å². The molecule has 0 fully saturated rings. The van der Waals surface area contributed by atoms with Crippen molar-refractivity contribution >= 4 is 35.6 Å². The first-order valence-corrected chi connectivity index (χ1v) is 9.32. The van der Waals surface area contributed by atoms with Gasteiger partial charge in [-0.1, -0.05) is 4.52 Å². The Balaban J connectivity index is 1.95. The van der Waals surface area contributed by atoms with Gasteiger partial charge in [0.25, 0.3) is 0 Å². The van der Waals surface area contributed by atoms with Crippen molar-refractivity contribution in [2.45, 2.75) is 6.11 Å². The van der Waals surface area contributed by atoms with Crippen molar-refractivity contribution in [3.63, 3.8) is 0 Å². The Kier molecular flexibility index (Phi) is 5.83. The van der Waals surface area contributed by atoms with Gasteiger partial charge in [0.2, 0.25) is 34.8 Å². The van der Waals surface area contributed by atoms with Gasteiger partial charge in [-0.15, -0.1) is 11.3 Å². The second kappa shape index (κ2) is 7.91. The standard InChI is InChI=1S/C16H4F7O5PS/c17-9-10(18)12(20)14(13(21)11(9)19)27-15(24)8-4-5-3-6(1-2-7(5)30-8)16(22,23)28-29(25)26/h1-4H. The monoisotopic (exact) mass is 472 g/mol. The van der Waals surface area contributed by atoms with E-state index in [2.05, 4.69) is 9.26 Å². The third kappa shape index (κ3) is 4.01. The van der Waals surface area contributed by atoms with Gasteiger partial charge in [-0.25, -0.2) is 18.0 Å². The maximum atomic E-state index is 13.7. The van der Waals surface area contributed by atoms with Gasteiger partial charge in [-0.2, -0.15) is 17.6 Å². The van der Waals surface area contributed by atoms with E-state index in [0.29, 0.717) is 11.3 Å². The molecule has 30 heavy (non-hydrogen) atoms. The van der Waals surface area contributed by atoms with E-state index in [4.69, 9.17) is 0 Å². The summed E-state index contributed by atoms with van der Waals surface area (Å²) in [7, 11) is -3.88. The number of rotatable bonds is 5. The highest BCUT2D eigenvalue weighted by atomic mass is 32.1. The number of ether oxygens (including phenoxy) is 1. The Hall–Kier alpha value is -2.60. The molecular formula is C16H4F7O5PS. The molecule has 0 saturated carbocycles. The minimum absolute atomic E-state index is 0.0359. The van der Waals surface area contributed by atoms with Crippen LogP contribution in [0.4, 0.5) is 30.7 Å².